The van der Waals surface area contributed by atoms with Crippen molar-refractivity contribution in [3.63, 3.8) is 0 Å². The summed E-state index contributed by atoms with van der Waals surface area (Å²) in [6.07, 6.45) is 0.626. The number of nitrogens with two attached hydrogens (primary N) is 1. The molecule has 5 heteroatoms. The third kappa shape index (κ3) is 3.90. The zero-order chi connectivity index (χ0) is 15.4. The summed E-state index contributed by atoms with van der Waals surface area (Å²) >= 11 is 8.91. The molecule has 0 radical (unpaired) electrons. The average Bonchev–Trinajstić information content (AvgIpc) is 2.51. The highest BCUT2D eigenvalue weighted by Crippen LogP contribution is 2.28. The molecule has 1 unspecified atom stereocenters. The quantitative estimate of drug-likeness (QED) is 0.600. The van der Waals surface area contributed by atoms with Crippen LogP contribution >= 0.6 is 27.5 Å². The SMILES string of the molecule is NC(CCC(=O)c1ccc(Br)c(Cl)c1F)c1ccccc1. The summed E-state index contributed by atoms with van der Waals surface area (Å²) < 4.78 is 14.4. The van der Waals surface area contributed by atoms with Gasteiger partial charge in [0.25, 0.3) is 0 Å². The van der Waals surface area contributed by atoms with Crippen LogP contribution in [0.3, 0.4) is 0 Å². The number of benzene rings is 2. The van der Waals surface area contributed by atoms with E-state index in [-0.39, 0.29) is 28.8 Å². The minimum absolute atomic E-state index is 0.00321. The summed E-state index contributed by atoms with van der Waals surface area (Å²) in [6.45, 7) is 0. The van der Waals surface area contributed by atoms with E-state index in [9.17, 15) is 9.18 Å². The number of Topliss-reactive ketones (excluding diaryl/α,β-unsaturated/α-hetero) is 1. The maximum Gasteiger partial charge on any atom is 0.165 e. The lowest BCUT2D eigenvalue weighted by atomic mass is 9.99. The maximum absolute atomic E-state index is 13.9. The Kier molecular flexibility index (Phi) is 5.51. The molecule has 0 aliphatic rings. The Morgan fingerprint density at radius 3 is 2.57 bits per heavy atom. The van der Waals surface area contributed by atoms with Gasteiger partial charge in [0, 0.05) is 16.9 Å². The van der Waals surface area contributed by atoms with E-state index < -0.39 is 5.82 Å². The first-order valence-electron chi connectivity index (χ1n) is 6.48. The van der Waals surface area contributed by atoms with Crippen molar-refractivity contribution in [2.24, 2.45) is 5.73 Å². The number of hydrogen-bond donors (Lipinski definition) is 1. The van der Waals surface area contributed by atoms with Crippen molar-refractivity contribution in [1.29, 1.82) is 0 Å². The van der Waals surface area contributed by atoms with Crippen molar-refractivity contribution in [1.82, 2.24) is 0 Å². The highest BCUT2D eigenvalue weighted by atomic mass is 79.9. The van der Waals surface area contributed by atoms with Crippen LogP contribution in [0.2, 0.25) is 5.02 Å². The number of carbonyl (C=O) groups is 1. The summed E-state index contributed by atoms with van der Waals surface area (Å²) in [5.41, 5.74) is 7.00. The van der Waals surface area contributed by atoms with E-state index in [1.54, 1.807) is 6.07 Å². The first-order chi connectivity index (χ1) is 10.0. The highest BCUT2D eigenvalue weighted by molar-refractivity contribution is 9.10. The van der Waals surface area contributed by atoms with Gasteiger partial charge in [-0.05, 0) is 40.0 Å². The monoisotopic (exact) mass is 369 g/mol. The lowest BCUT2D eigenvalue weighted by molar-refractivity contribution is 0.0973. The van der Waals surface area contributed by atoms with Crippen LogP contribution < -0.4 is 5.73 Å². The molecule has 1 atom stereocenters. The van der Waals surface area contributed by atoms with Crippen molar-refractivity contribution >= 4 is 33.3 Å². The fourth-order valence-electron chi connectivity index (χ4n) is 2.03. The number of rotatable bonds is 5. The average molecular weight is 371 g/mol. The maximum atomic E-state index is 13.9. The lowest BCUT2D eigenvalue weighted by Gasteiger charge is -2.12. The van der Waals surface area contributed by atoms with E-state index in [2.05, 4.69) is 15.9 Å². The van der Waals surface area contributed by atoms with Crippen LogP contribution in [-0.4, -0.2) is 5.78 Å². The molecular weight excluding hydrogens is 357 g/mol. The predicted molar refractivity (Wildman–Crippen MR) is 86.0 cm³/mol. The summed E-state index contributed by atoms with van der Waals surface area (Å²) in [4.78, 5) is 12.1. The molecule has 2 aromatic rings. The minimum Gasteiger partial charge on any atom is -0.324 e. The first kappa shape index (κ1) is 16.1. The largest absolute Gasteiger partial charge is 0.324 e. The van der Waals surface area contributed by atoms with Crippen LogP contribution in [0.15, 0.2) is 46.9 Å². The van der Waals surface area contributed by atoms with Crippen molar-refractivity contribution in [3.8, 4) is 0 Å². The molecule has 2 nitrogen and oxygen atoms in total. The van der Waals surface area contributed by atoms with Gasteiger partial charge in [-0.25, -0.2) is 4.39 Å². The van der Waals surface area contributed by atoms with Gasteiger partial charge in [-0.15, -0.1) is 0 Å². The van der Waals surface area contributed by atoms with Gasteiger partial charge in [0.05, 0.1) is 10.6 Å². The second-order valence-electron chi connectivity index (χ2n) is 4.70. The molecule has 0 aromatic heterocycles. The zero-order valence-corrected chi connectivity index (χ0v) is 13.5. The van der Waals surface area contributed by atoms with Crippen LogP contribution in [0.4, 0.5) is 4.39 Å². The molecule has 0 amide bonds. The van der Waals surface area contributed by atoms with Crippen molar-refractivity contribution in [3.05, 3.63) is 68.9 Å². The zero-order valence-electron chi connectivity index (χ0n) is 11.2. The van der Waals surface area contributed by atoms with Crippen LogP contribution in [0, 0.1) is 5.82 Å². The van der Waals surface area contributed by atoms with Crippen LogP contribution in [0.5, 0.6) is 0 Å². The van der Waals surface area contributed by atoms with Gasteiger partial charge in [0.1, 0.15) is 0 Å². The number of ketones is 1. The van der Waals surface area contributed by atoms with Gasteiger partial charge in [0.15, 0.2) is 11.6 Å². The first-order valence-corrected chi connectivity index (χ1v) is 7.65. The highest BCUT2D eigenvalue weighted by Gasteiger charge is 2.17. The van der Waals surface area contributed by atoms with E-state index in [4.69, 9.17) is 17.3 Å². The van der Waals surface area contributed by atoms with Crippen molar-refractivity contribution < 1.29 is 9.18 Å². The van der Waals surface area contributed by atoms with E-state index in [1.807, 2.05) is 30.3 Å². The van der Waals surface area contributed by atoms with E-state index in [0.29, 0.717) is 10.9 Å². The minimum atomic E-state index is -0.690. The predicted octanol–water partition coefficient (Wildman–Crippen LogP) is 4.90. The molecule has 0 saturated carbocycles. The summed E-state index contributed by atoms with van der Waals surface area (Å²) in [5, 5.41) is -0.0757. The molecule has 21 heavy (non-hydrogen) atoms. The topological polar surface area (TPSA) is 43.1 Å². The third-order valence-corrected chi connectivity index (χ3v) is 4.50. The molecule has 0 fully saturated rings. The van der Waals surface area contributed by atoms with Crippen LogP contribution in [-0.2, 0) is 0 Å². The molecule has 0 aliphatic carbocycles. The second kappa shape index (κ2) is 7.16. The Balaban J connectivity index is 2.04. The van der Waals surface area contributed by atoms with E-state index >= 15 is 0 Å². The summed E-state index contributed by atoms with van der Waals surface area (Å²) in [6, 6.07) is 12.3. The van der Waals surface area contributed by atoms with Gasteiger partial charge in [-0.3, -0.25) is 4.79 Å². The molecule has 0 aliphatic heterocycles. The fourth-order valence-corrected chi connectivity index (χ4v) is 2.50. The van der Waals surface area contributed by atoms with Gasteiger partial charge in [-0.2, -0.15) is 0 Å². The Morgan fingerprint density at radius 2 is 1.90 bits per heavy atom. The molecule has 0 bridgehead atoms. The second-order valence-corrected chi connectivity index (χ2v) is 5.93. The molecular formula is C16H14BrClFNO. The summed E-state index contributed by atoms with van der Waals surface area (Å²) in [7, 11) is 0. The summed E-state index contributed by atoms with van der Waals surface area (Å²) in [5.74, 6) is -0.988. The molecule has 110 valence electrons. The van der Waals surface area contributed by atoms with Gasteiger partial charge < -0.3 is 5.73 Å². The number of halogens is 3. The molecule has 0 spiro atoms. The standard InChI is InChI=1S/C16H14BrClFNO/c17-12-7-6-11(16(19)15(12)18)14(21)9-8-13(20)10-4-2-1-3-5-10/h1-7,13H,8-9,20H2. The Bertz CT molecular complexity index is 648. The molecule has 2 N–H and O–H groups in total. The number of hydrogen-bond acceptors (Lipinski definition) is 2. The van der Waals surface area contributed by atoms with E-state index in [1.165, 1.54) is 6.07 Å². The van der Waals surface area contributed by atoms with Gasteiger partial charge in [-0.1, -0.05) is 41.9 Å². The third-order valence-electron chi connectivity index (χ3n) is 3.25. The molecule has 2 rings (SSSR count). The van der Waals surface area contributed by atoms with Crippen molar-refractivity contribution in [2.75, 3.05) is 0 Å². The van der Waals surface area contributed by atoms with Gasteiger partial charge >= 0.3 is 0 Å². The molecule has 0 heterocycles. The Hall–Kier alpha value is -1.23. The van der Waals surface area contributed by atoms with Crippen LogP contribution in [0.25, 0.3) is 0 Å². The Morgan fingerprint density at radius 1 is 1.24 bits per heavy atom. The molecule has 0 saturated heterocycles. The van der Waals surface area contributed by atoms with E-state index in [0.717, 1.165) is 5.56 Å². The normalized spacial score (nSPS) is 12.2. The van der Waals surface area contributed by atoms with Crippen molar-refractivity contribution in [2.45, 2.75) is 18.9 Å². The molecule has 2 aromatic carbocycles. The van der Waals surface area contributed by atoms with Gasteiger partial charge in [0.2, 0.25) is 0 Å². The Labute approximate surface area is 136 Å². The lowest BCUT2D eigenvalue weighted by Crippen LogP contribution is -2.13. The fraction of sp³-hybridized carbons (Fsp3) is 0.188. The van der Waals surface area contributed by atoms with Crippen LogP contribution in [0.1, 0.15) is 34.8 Å². The number of carbonyl (C=O) groups excluding carboxylic acids is 1. The smallest absolute Gasteiger partial charge is 0.165 e.